The summed E-state index contributed by atoms with van der Waals surface area (Å²) in [5.74, 6) is -0.0759. The van der Waals surface area contributed by atoms with Crippen LogP contribution in [-0.4, -0.2) is 23.0 Å². The number of benzene rings is 2. The molecule has 0 bridgehead atoms. The molecule has 0 atom stereocenters. The van der Waals surface area contributed by atoms with E-state index in [-0.39, 0.29) is 34.8 Å². The molecule has 0 radical (unpaired) electrons. The summed E-state index contributed by atoms with van der Waals surface area (Å²) in [6.45, 7) is 11.9. The van der Waals surface area contributed by atoms with Crippen molar-refractivity contribution in [3.8, 4) is 0 Å². The molecule has 0 aliphatic rings. The predicted molar refractivity (Wildman–Crippen MR) is 117 cm³/mol. The second-order valence-corrected chi connectivity index (χ2v) is 9.74. The van der Waals surface area contributed by atoms with Gasteiger partial charge < -0.3 is 5.32 Å². The zero-order valence-corrected chi connectivity index (χ0v) is 18.3. The Morgan fingerprint density at radius 3 is 1.62 bits per heavy atom. The van der Waals surface area contributed by atoms with E-state index in [0.29, 0.717) is 23.1 Å². The first-order valence-corrected chi connectivity index (χ1v) is 9.92. The highest BCUT2D eigenvalue weighted by molar-refractivity contribution is 6.00. The Hall–Kier alpha value is -2.75. The lowest BCUT2D eigenvalue weighted by Crippen LogP contribution is -2.40. The highest BCUT2D eigenvalue weighted by Gasteiger charge is 2.18. The molecule has 2 aromatic carbocycles. The van der Waals surface area contributed by atoms with Gasteiger partial charge in [-0.1, -0.05) is 57.2 Å². The largest absolute Gasteiger partial charge is 0.347 e. The Kier molecular flexibility index (Phi) is 6.78. The maximum Gasteiger partial charge on any atom is 0.251 e. The molecule has 0 aromatic heterocycles. The summed E-state index contributed by atoms with van der Waals surface area (Å²) >= 11 is 0. The van der Waals surface area contributed by atoms with Crippen LogP contribution in [0.2, 0.25) is 0 Å². The number of amides is 1. The van der Waals surface area contributed by atoms with Crippen molar-refractivity contribution in [1.29, 1.82) is 0 Å². The molecule has 2 aromatic rings. The fourth-order valence-corrected chi connectivity index (χ4v) is 2.90. The zero-order valence-electron chi connectivity index (χ0n) is 18.3. The third-order valence-electron chi connectivity index (χ3n) is 4.29. The molecule has 2 rings (SSSR count). The highest BCUT2D eigenvalue weighted by Crippen LogP contribution is 2.22. The summed E-state index contributed by atoms with van der Waals surface area (Å²) in [5, 5.41) is 2.90. The molecular weight excluding hydrogens is 362 g/mol. The number of carbonyl (C=O) groups excluding carboxylic acids is 3. The van der Waals surface area contributed by atoms with E-state index in [1.807, 2.05) is 53.7 Å². The van der Waals surface area contributed by atoms with Crippen molar-refractivity contribution >= 4 is 17.5 Å². The van der Waals surface area contributed by atoms with E-state index in [9.17, 15) is 14.4 Å². The second-order valence-electron chi connectivity index (χ2n) is 9.74. The summed E-state index contributed by atoms with van der Waals surface area (Å²) in [7, 11) is 0. The number of hydrogen-bond acceptors (Lipinski definition) is 3. The van der Waals surface area contributed by atoms with Crippen LogP contribution in [0.1, 0.15) is 84.6 Å². The molecular formula is C25H31NO3. The summed E-state index contributed by atoms with van der Waals surface area (Å²) in [6, 6.07) is 13.9. The Morgan fingerprint density at radius 1 is 0.690 bits per heavy atom. The quantitative estimate of drug-likeness (QED) is 0.681. The predicted octanol–water partition coefficient (Wildman–Crippen LogP) is 5.26. The van der Waals surface area contributed by atoms with Crippen LogP contribution in [-0.2, 0) is 6.42 Å². The van der Waals surface area contributed by atoms with Gasteiger partial charge >= 0.3 is 0 Å². The Morgan fingerprint density at radius 2 is 1.14 bits per heavy atom. The highest BCUT2D eigenvalue weighted by atomic mass is 16.2. The van der Waals surface area contributed by atoms with Gasteiger partial charge in [-0.25, -0.2) is 0 Å². The molecule has 0 saturated carbocycles. The first-order valence-electron chi connectivity index (χ1n) is 9.92. The van der Waals surface area contributed by atoms with Gasteiger partial charge in [-0.2, -0.15) is 0 Å². The van der Waals surface area contributed by atoms with E-state index in [4.69, 9.17) is 0 Å². The van der Waals surface area contributed by atoms with Gasteiger partial charge in [-0.15, -0.1) is 0 Å². The average molecular weight is 394 g/mol. The van der Waals surface area contributed by atoms with Gasteiger partial charge in [0.25, 0.3) is 5.91 Å². The lowest BCUT2D eigenvalue weighted by Gasteiger charge is -2.20. The van der Waals surface area contributed by atoms with E-state index in [0.717, 1.165) is 5.56 Å². The third-order valence-corrected chi connectivity index (χ3v) is 4.29. The minimum absolute atomic E-state index is 0.0263. The van der Waals surface area contributed by atoms with Crippen LogP contribution >= 0.6 is 0 Å². The van der Waals surface area contributed by atoms with E-state index >= 15 is 0 Å². The average Bonchev–Trinajstić information content (AvgIpc) is 2.59. The molecule has 4 nitrogen and oxygen atoms in total. The van der Waals surface area contributed by atoms with Gasteiger partial charge in [-0.05, 0) is 43.9 Å². The molecule has 0 unspecified atom stereocenters. The van der Waals surface area contributed by atoms with Crippen LogP contribution in [0, 0.1) is 5.41 Å². The smallest absolute Gasteiger partial charge is 0.251 e. The number of Topliss-reactive ketones (excluding diaryl/α,β-unsaturated/α-hetero) is 2. The van der Waals surface area contributed by atoms with Gasteiger partial charge in [0, 0.05) is 35.1 Å². The van der Waals surface area contributed by atoms with Crippen LogP contribution in [0.25, 0.3) is 0 Å². The number of hydrogen-bond donors (Lipinski definition) is 1. The Bertz CT molecular complexity index is 880. The van der Waals surface area contributed by atoms with Crippen molar-refractivity contribution in [2.24, 2.45) is 5.41 Å². The molecule has 1 amide bonds. The van der Waals surface area contributed by atoms with Crippen LogP contribution < -0.4 is 5.32 Å². The third kappa shape index (κ3) is 7.30. The molecule has 0 spiro atoms. The first-order chi connectivity index (χ1) is 13.3. The molecule has 0 fully saturated rings. The normalized spacial score (nSPS) is 11.8. The monoisotopic (exact) mass is 393 g/mol. The van der Waals surface area contributed by atoms with Crippen molar-refractivity contribution in [1.82, 2.24) is 5.32 Å². The fourth-order valence-electron chi connectivity index (χ4n) is 2.90. The lowest BCUT2D eigenvalue weighted by atomic mass is 9.87. The molecule has 0 saturated heterocycles. The van der Waals surface area contributed by atoms with E-state index in [2.05, 4.69) is 5.32 Å². The summed E-state index contributed by atoms with van der Waals surface area (Å²) in [4.78, 5) is 37.0. The van der Waals surface area contributed by atoms with Crippen molar-refractivity contribution < 1.29 is 14.4 Å². The second kappa shape index (κ2) is 8.73. The minimum Gasteiger partial charge on any atom is -0.347 e. The number of nitrogens with one attached hydrogen (secondary N) is 1. The van der Waals surface area contributed by atoms with Crippen molar-refractivity contribution in [2.45, 2.75) is 59.9 Å². The summed E-state index contributed by atoms with van der Waals surface area (Å²) in [5.41, 5.74) is 2.25. The van der Waals surface area contributed by atoms with Crippen molar-refractivity contribution in [2.75, 3.05) is 0 Å². The van der Waals surface area contributed by atoms with E-state index in [1.54, 1.807) is 36.4 Å². The van der Waals surface area contributed by atoms with Gasteiger partial charge in [-0.3, -0.25) is 14.4 Å². The molecule has 0 aliphatic carbocycles. The Balaban J connectivity index is 2.01. The SMILES string of the molecule is CC(C)(C)CC(=O)c1ccc(CC(=O)c2ccc(C(=O)NC(C)(C)C)cc2)cc1. The lowest BCUT2D eigenvalue weighted by molar-refractivity contribution is 0.0915. The topological polar surface area (TPSA) is 63.2 Å². The van der Waals surface area contributed by atoms with E-state index < -0.39 is 0 Å². The van der Waals surface area contributed by atoms with Crippen molar-refractivity contribution in [3.05, 3.63) is 70.8 Å². The molecule has 0 aliphatic heterocycles. The van der Waals surface area contributed by atoms with Crippen LogP contribution in [0.15, 0.2) is 48.5 Å². The maximum atomic E-state index is 12.6. The minimum atomic E-state index is -0.313. The Labute approximate surface area is 173 Å². The zero-order chi connectivity index (χ0) is 21.8. The van der Waals surface area contributed by atoms with Gasteiger partial charge in [0.15, 0.2) is 11.6 Å². The molecule has 29 heavy (non-hydrogen) atoms. The number of ketones is 2. The molecule has 1 N–H and O–H groups in total. The van der Waals surface area contributed by atoms with Gasteiger partial charge in [0.05, 0.1) is 0 Å². The number of rotatable bonds is 6. The summed E-state index contributed by atoms with van der Waals surface area (Å²) in [6.07, 6.45) is 0.738. The standard InChI is InChI=1S/C25H31NO3/c1-24(2,3)16-22(28)19-9-7-17(8-10-19)15-21(27)18-11-13-20(14-12-18)23(29)26-25(4,5)6/h7-14H,15-16H2,1-6H3,(H,26,29). The van der Waals surface area contributed by atoms with Crippen LogP contribution in [0.4, 0.5) is 0 Å². The van der Waals surface area contributed by atoms with Gasteiger partial charge in [0.2, 0.25) is 0 Å². The maximum absolute atomic E-state index is 12.6. The molecule has 0 heterocycles. The fraction of sp³-hybridized carbons (Fsp3) is 0.400. The first kappa shape index (κ1) is 22.5. The van der Waals surface area contributed by atoms with Gasteiger partial charge in [0.1, 0.15) is 0 Å². The van der Waals surface area contributed by atoms with Crippen LogP contribution in [0.5, 0.6) is 0 Å². The van der Waals surface area contributed by atoms with Crippen LogP contribution in [0.3, 0.4) is 0 Å². The van der Waals surface area contributed by atoms with Crippen molar-refractivity contribution in [3.63, 3.8) is 0 Å². The molecule has 154 valence electrons. The summed E-state index contributed by atoms with van der Waals surface area (Å²) < 4.78 is 0. The number of carbonyl (C=O) groups is 3. The van der Waals surface area contributed by atoms with E-state index in [1.165, 1.54) is 0 Å². The molecule has 4 heteroatoms.